The molecule has 0 bridgehead atoms. The zero-order valence-electron chi connectivity index (χ0n) is 13.8. The van der Waals surface area contributed by atoms with Crippen LogP contribution < -0.4 is 20.7 Å². The molecule has 2 aromatic rings. The van der Waals surface area contributed by atoms with Crippen LogP contribution in [0.4, 0.5) is 4.79 Å². The third-order valence-corrected chi connectivity index (χ3v) is 3.75. The Bertz CT molecular complexity index is 704. The summed E-state index contributed by atoms with van der Waals surface area (Å²) in [4.78, 5) is 24.4. The van der Waals surface area contributed by atoms with Crippen molar-refractivity contribution in [1.29, 1.82) is 0 Å². The van der Waals surface area contributed by atoms with Gasteiger partial charge in [0.1, 0.15) is 12.3 Å². The fourth-order valence-electron chi connectivity index (χ4n) is 2.71. The van der Waals surface area contributed by atoms with Crippen LogP contribution in [-0.4, -0.2) is 26.1 Å². The van der Waals surface area contributed by atoms with Gasteiger partial charge in [0.2, 0.25) is 0 Å². The molecule has 24 heavy (non-hydrogen) atoms. The fraction of sp³-hybridized carbons (Fsp3) is 0.222. The van der Waals surface area contributed by atoms with Crippen LogP contribution in [0.25, 0.3) is 0 Å². The highest BCUT2D eigenvalue weighted by Crippen LogP contribution is 2.13. The number of methoxy groups -OCH3 is 1. The standard InChI is InChI=1S/C18H21N3O3/c1-21(12-13-7-6-10-15(11-13)24-2)16(17(22)20-18(19)23)14-8-4-3-5-9-14/h3-11,16H,12H2,1-2H3,(H3,19,20,22,23)/p+1/t16-/m0/s1. The lowest BCUT2D eigenvalue weighted by Gasteiger charge is -2.24. The smallest absolute Gasteiger partial charge is 0.319 e. The van der Waals surface area contributed by atoms with Crippen molar-refractivity contribution in [2.24, 2.45) is 5.73 Å². The number of carbonyl (C=O) groups excluding carboxylic acids is 2. The van der Waals surface area contributed by atoms with Crippen molar-refractivity contribution in [2.75, 3.05) is 14.2 Å². The molecule has 0 saturated heterocycles. The van der Waals surface area contributed by atoms with E-state index in [0.29, 0.717) is 6.54 Å². The van der Waals surface area contributed by atoms with Gasteiger partial charge in [-0.05, 0) is 12.1 Å². The molecule has 0 aliphatic heterocycles. The van der Waals surface area contributed by atoms with E-state index < -0.39 is 18.0 Å². The number of imide groups is 1. The van der Waals surface area contributed by atoms with Crippen molar-refractivity contribution < 1.29 is 19.2 Å². The second-order valence-corrected chi connectivity index (χ2v) is 5.57. The van der Waals surface area contributed by atoms with E-state index in [0.717, 1.165) is 21.8 Å². The van der Waals surface area contributed by atoms with Gasteiger partial charge in [0.15, 0.2) is 6.04 Å². The minimum absolute atomic E-state index is 0.422. The highest BCUT2D eigenvalue weighted by molar-refractivity contribution is 5.96. The van der Waals surface area contributed by atoms with E-state index in [2.05, 4.69) is 5.32 Å². The molecular formula is C18H22N3O3+. The first-order chi connectivity index (χ1) is 11.5. The van der Waals surface area contributed by atoms with Crippen LogP contribution in [0.15, 0.2) is 54.6 Å². The highest BCUT2D eigenvalue weighted by atomic mass is 16.5. The summed E-state index contributed by atoms with van der Waals surface area (Å²) in [6.45, 7) is 0.586. The van der Waals surface area contributed by atoms with Gasteiger partial charge in [-0.2, -0.15) is 0 Å². The Kier molecular flexibility index (Phi) is 5.92. The number of nitrogens with one attached hydrogen (secondary N) is 2. The molecule has 0 aliphatic carbocycles. The van der Waals surface area contributed by atoms with E-state index in [4.69, 9.17) is 10.5 Å². The zero-order valence-corrected chi connectivity index (χ0v) is 13.8. The molecule has 2 rings (SSSR count). The summed E-state index contributed by atoms with van der Waals surface area (Å²) in [7, 11) is 3.51. The first kappa shape index (κ1) is 17.5. The molecule has 0 aromatic heterocycles. The number of benzene rings is 2. The lowest BCUT2D eigenvalue weighted by molar-refractivity contribution is -0.916. The predicted octanol–water partition coefficient (Wildman–Crippen LogP) is 0.646. The molecule has 0 saturated carbocycles. The molecule has 3 amide bonds. The number of rotatable bonds is 6. The Hall–Kier alpha value is -2.86. The van der Waals surface area contributed by atoms with Gasteiger partial charge in [-0.3, -0.25) is 10.1 Å². The van der Waals surface area contributed by atoms with E-state index in [-0.39, 0.29) is 0 Å². The van der Waals surface area contributed by atoms with Gasteiger partial charge >= 0.3 is 6.03 Å². The van der Waals surface area contributed by atoms with Crippen molar-refractivity contribution in [3.63, 3.8) is 0 Å². The summed E-state index contributed by atoms with van der Waals surface area (Å²) in [6, 6.07) is 15.6. The number of hydrogen-bond donors (Lipinski definition) is 3. The molecular weight excluding hydrogens is 306 g/mol. The fourth-order valence-corrected chi connectivity index (χ4v) is 2.71. The largest absolute Gasteiger partial charge is 0.497 e. The number of amides is 3. The van der Waals surface area contributed by atoms with Crippen LogP contribution in [-0.2, 0) is 11.3 Å². The normalized spacial score (nSPS) is 12.9. The Morgan fingerprint density at radius 1 is 1.17 bits per heavy atom. The minimum atomic E-state index is -0.852. The molecule has 4 N–H and O–H groups in total. The van der Waals surface area contributed by atoms with Crippen molar-refractivity contribution in [3.05, 3.63) is 65.7 Å². The van der Waals surface area contributed by atoms with E-state index >= 15 is 0 Å². The Labute approximate surface area is 141 Å². The van der Waals surface area contributed by atoms with Gasteiger partial charge < -0.3 is 15.4 Å². The second kappa shape index (κ2) is 8.12. The number of likely N-dealkylation sites (N-methyl/N-ethyl adjacent to an activating group) is 1. The molecule has 2 aromatic carbocycles. The number of hydrogen-bond acceptors (Lipinski definition) is 3. The minimum Gasteiger partial charge on any atom is -0.497 e. The molecule has 126 valence electrons. The van der Waals surface area contributed by atoms with Crippen molar-refractivity contribution >= 4 is 11.9 Å². The second-order valence-electron chi connectivity index (χ2n) is 5.57. The van der Waals surface area contributed by atoms with Gasteiger partial charge in [-0.1, -0.05) is 42.5 Å². The summed E-state index contributed by atoms with van der Waals surface area (Å²) < 4.78 is 5.23. The third-order valence-electron chi connectivity index (χ3n) is 3.75. The number of ether oxygens (including phenoxy) is 1. The van der Waals surface area contributed by atoms with Crippen LogP contribution in [0.1, 0.15) is 17.2 Å². The summed E-state index contributed by atoms with van der Waals surface area (Å²) in [6.07, 6.45) is 0. The van der Waals surface area contributed by atoms with E-state index in [1.165, 1.54) is 0 Å². The average molecular weight is 328 g/mol. The predicted molar refractivity (Wildman–Crippen MR) is 90.5 cm³/mol. The molecule has 6 nitrogen and oxygen atoms in total. The lowest BCUT2D eigenvalue weighted by Crippen LogP contribution is -3.09. The topological polar surface area (TPSA) is 85.9 Å². The first-order valence-corrected chi connectivity index (χ1v) is 7.61. The summed E-state index contributed by atoms with van der Waals surface area (Å²) in [5.74, 6) is 0.340. The molecule has 0 radical (unpaired) electrons. The van der Waals surface area contributed by atoms with Gasteiger partial charge in [0.05, 0.1) is 14.2 Å². The zero-order chi connectivity index (χ0) is 17.5. The first-order valence-electron chi connectivity index (χ1n) is 7.61. The average Bonchev–Trinajstić information content (AvgIpc) is 2.55. The van der Waals surface area contributed by atoms with E-state index in [1.54, 1.807) is 7.11 Å². The maximum atomic E-state index is 12.5. The molecule has 0 fully saturated rings. The van der Waals surface area contributed by atoms with Crippen LogP contribution in [0.5, 0.6) is 5.75 Å². The Morgan fingerprint density at radius 3 is 2.50 bits per heavy atom. The summed E-state index contributed by atoms with van der Waals surface area (Å²) >= 11 is 0. The van der Waals surface area contributed by atoms with E-state index in [9.17, 15) is 9.59 Å². The van der Waals surface area contributed by atoms with Gasteiger partial charge in [-0.15, -0.1) is 0 Å². The monoisotopic (exact) mass is 328 g/mol. The van der Waals surface area contributed by atoms with Crippen LogP contribution in [0.2, 0.25) is 0 Å². The van der Waals surface area contributed by atoms with Crippen LogP contribution in [0, 0.1) is 0 Å². The molecule has 0 heterocycles. The Balaban J connectivity index is 2.25. The van der Waals surface area contributed by atoms with Gasteiger partial charge in [-0.25, -0.2) is 4.79 Å². The van der Waals surface area contributed by atoms with E-state index in [1.807, 2.05) is 61.6 Å². The van der Waals surface area contributed by atoms with Crippen molar-refractivity contribution in [2.45, 2.75) is 12.6 Å². The van der Waals surface area contributed by atoms with Crippen molar-refractivity contribution in [3.8, 4) is 5.75 Å². The maximum Gasteiger partial charge on any atom is 0.319 e. The number of urea groups is 1. The van der Waals surface area contributed by atoms with Gasteiger partial charge in [0, 0.05) is 11.1 Å². The molecule has 2 atom stereocenters. The summed E-state index contributed by atoms with van der Waals surface area (Å²) in [5, 5.41) is 2.18. The quantitative estimate of drug-likeness (QED) is 0.728. The molecule has 1 unspecified atom stereocenters. The van der Waals surface area contributed by atoms with Crippen LogP contribution in [0.3, 0.4) is 0 Å². The number of quaternary nitrogens is 1. The molecule has 6 heteroatoms. The number of carbonyl (C=O) groups is 2. The molecule has 0 aliphatic rings. The maximum absolute atomic E-state index is 12.5. The van der Waals surface area contributed by atoms with Crippen LogP contribution >= 0.6 is 0 Å². The highest BCUT2D eigenvalue weighted by Gasteiger charge is 2.29. The lowest BCUT2D eigenvalue weighted by atomic mass is 10.0. The number of primary amides is 1. The third kappa shape index (κ3) is 4.57. The Morgan fingerprint density at radius 2 is 1.88 bits per heavy atom. The number of nitrogens with two attached hydrogens (primary N) is 1. The summed E-state index contributed by atoms with van der Waals surface area (Å²) in [5.41, 5.74) is 6.95. The molecule has 0 spiro atoms. The van der Waals surface area contributed by atoms with Crippen molar-refractivity contribution in [1.82, 2.24) is 5.32 Å². The van der Waals surface area contributed by atoms with Gasteiger partial charge in [0.25, 0.3) is 5.91 Å². The SMILES string of the molecule is COc1cccc(C[NH+](C)[C@H](C(=O)NC(N)=O)c2ccccc2)c1.